The summed E-state index contributed by atoms with van der Waals surface area (Å²) in [5, 5.41) is 9.03. The van der Waals surface area contributed by atoms with Gasteiger partial charge in [-0.1, -0.05) is 18.2 Å². The van der Waals surface area contributed by atoms with Crippen LogP contribution in [0.3, 0.4) is 0 Å². The number of benzene rings is 1. The summed E-state index contributed by atoms with van der Waals surface area (Å²) in [7, 11) is 0. The number of aromatic nitrogens is 4. The molecule has 1 aliphatic heterocycles. The Morgan fingerprint density at radius 1 is 1.35 bits per heavy atom. The highest BCUT2D eigenvalue weighted by Crippen LogP contribution is 2.31. The molecular formula is C15H10ClN5O2. The molecule has 0 radical (unpaired) electrons. The van der Waals surface area contributed by atoms with Crippen molar-refractivity contribution in [1.82, 2.24) is 19.5 Å². The molecular weight excluding hydrogens is 318 g/mol. The van der Waals surface area contributed by atoms with E-state index in [9.17, 15) is 4.79 Å². The average Bonchev–Trinajstić information content (AvgIpc) is 3.13. The van der Waals surface area contributed by atoms with E-state index in [0.717, 1.165) is 16.7 Å². The second-order valence-electron chi connectivity index (χ2n) is 5.13. The third-order valence-electron chi connectivity index (χ3n) is 3.68. The number of carbonyl (C=O) groups is 1. The Kier molecular flexibility index (Phi) is 3.09. The largest absolute Gasteiger partial charge is 0.480 e. The Hall–Kier alpha value is -2.80. The smallest absolute Gasteiger partial charge is 0.323 e. The van der Waals surface area contributed by atoms with Gasteiger partial charge in [0.25, 0.3) is 0 Å². The van der Waals surface area contributed by atoms with Crippen molar-refractivity contribution in [2.24, 2.45) is 4.99 Å². The van der Waals surface area contributed by atoms with Gasteiger partial charge in [-0.15, -0.1) is 0 Å². The van der Waals surface area contributed by atoms with Gasteiger partial charge in [0.1, 0.15) is 17.8 Å². The quantitative estimate of drug-likeness (QED) is 0.744. The number of imidazole rings is 1. The van der Waals surface area contributed by atoms with Gasteiger partial charge in [0.2, 0.25) is 5.28 Å². The number of halogens is 1. The van der Waals surface area contributed by atoms with Crippen LogP contribution in [0, 0.1) is 0 Å². The van der Waals surface area contributed by atoms with Crippen molar-refractivity contribution >= 4 is 34.9 Å². The number of carboxylic acids is 1. The molecule has 0 fully saturated rings. The molecule has 0 bridgehead atoms. The molecule has 114 valence electrons. The normalized spacial score (nSPS) is 12.7. The molecule has 3 heterocycles. The molecule has 8 heteroatoms. The summed E-state index contributed by atoms with van der Waals surface area (Å²) < 4.78 is 1.44. The van der Waals surface area contributed by atoms with Crippen LogP contribution in [0.2, 0.25) is 5.28 Å². The van der Waals surface area contributed by atoms with E-state index in [1.54, 1.807) is 6.21 Å². The summed E-state index contributed by atoms with van der Waals surface area (Å²) >= 11 is 6.05. The van der Waals surface area contributed by atoms with E-state index in [-0.39, 0.29) is 11.8 Å². The lowest BCUT2D eigenvalue weighted by Crippen LogP contribution is -2.08. The van der Waals surface area contributed by atoms with Crippen molar-refractivity contribution in [1.29, 1.82) is 0 Å². The standard InChI is InChI=1S/C15H10ClN5O2/c16-15-19-12(9-3-1-2-8-4-17-5-10(8)9)13-14(20-15)21(7-18-13)6-11(22)23/h1-3,5,7H,4,6H2,(H,22,23). The lowest BCUT2D eigenvalue weighted by molar-refractivity contribution is -0.137. The summed E-state index contributed by atoms with van der Waals surface area (Å²) in [6, 6.07) is 5.86. The van der Waals surface area contributed by atoms with Gasteiger partial charge in [-0.2, -0.15) is 4.98 Å². The molecule has 0 atom stereocenters. The Morgan fingerprint density at radius 2 is 2.22 bits per heavy atom. The monoisotopic (exact) mass is 327 g/mol. The molecule has 0 amide bonds. The van der Waals surface area contributed by atoms with Crippen LogP contribution < -0.4 is 0 Å². The fourth-order valence-corrected chi connectivity index (χ4v) is 2.88. The van der Waals surface area contributed by atoms with E-state index in [1.165, 1.54) is 10.9 Å². The van der Waals surface area contributed by atoms with Gasteiger partial charge < -0.3 is 9.67 Å². The first-order chi connectivity index (χ1) is 11.1. The molecule has 1 aliphatic rings. The van der Waals surface area contributed by atoms with Crippen molar-refractivity contribution in [3.8, 4) is 11.3 Å². The minimum absolute atomic E-state index is 0.0483. The van der Waals surface area contributed by atoms with Crippen LogP contribution in [0.25, 0.3) is 22.4 Å². The molecule has 1 N–H and O–H groups in total. The van der Waals surface area contributed by atoms with Crippen LogP contribution >= 0.6 is 11.6 Å². The Balaban J connectivity index is 1.98. The maximum atomic E-state index is 11.0. The van der Waals surface area contributed by atoms with Crippen LogP contribution in [-0.4, -0.2) is 36.8 Å². The first-order valence-electron chi connectivity index (χ1n) is 6.86. The molecule has 7 nitrogen and oxygen atoms in total. The van der Waals surface area contributed by atoms with Crippen molar-refractivity contribution in [3.63, 3.8) is 0 Å². The number of hydrogen-bond donors (Lipinski definition) is 1. The molecule has 0 saturated heterocycles. The van der Waals surface area contributed by atoms with Crippen molar-refractivity contribution < 1.29 is 9.90 Å². The Bertz CT molecular complexity index is 979. The van der Waals surface area contributed by atoms with Gasteiger partial charge in [-0.25, -0.2) is 9.97 Å². The van der Waals surface area contributed by atoms with Gasteiger partial charge in [0.05, 0.1) is 12.9 Å². The van der Waals surface area contributed by atoms with E-state index in [2.05, 4.69) is 19.9 Å². The van der Waals surface area contributed by atoms with E-state index in [4.69, 9.17) is 16.7 Å². The zero-order valence-electron chi connectivity index (χ0n) is 11.8. The number of nitrogens with zero attached hydrogens (tertiary/aromatic N) is 5. The number of rotatable bonds is 3. The number of carboxylic acid groups (broad SMARTS) is 1. The molecule has 1 aromatic carbocycles. The van der Waals surface area contributed by atoms with Crippen molar-refractivity contribution in [3.05, 3.63) is 40.9 Å². The second-order valence-corrected chi connectivity index (χ2v) is 5.47. The van der Waals surface area contributed by atoms with Crippen LogP contribution in [0.1, 0.15) is 11.1 Å². The molecule has 0 aliphatic carbocycles. The second kappa shape index (κ2) is 5.13. The van der Waals surface area contributed by atoms with E-state index >= 15 is 0 Å². The zero-order chi connectivity index (χ0) is 16.0. The van der Waals surface area contributed by atoms with Crippen LogP contribution in [0.5, 0.6) is 0 Å². The van der Waals surface area contributed by atoms with Crippen LogP contribution in [-0.2, 0) is 17.9 Å². The SMILES string of the molecule is O=C(O)Cn1cnc2c(-c3cccc4c3C=NC4)nc(Cl)nc21. The zero-order valence-corrected chi connectivity index (χ0v) is 12.5. The lowest BCUT2D eigenvalue weighted by Gasteiger charge is -2.08. The molecule has 0 saturated carbocycles. The predicted octanol–water partition coefficient (Wildman–Crippen LogP) is 2.16. The van der Waals surface area contributed by atoms with Gasteiger partial charge in [0, 0.05) is 17.3 Å². The van der Waals surface area contributed by atoms with Crippen molar-refractivity contribution in [2.45, 2.75) is 13.1 Å². The van der Waals surface area contributed by atoms with E-state index < -0.39 is 5.97 Å². The number of hydrogen-bond acceptors (Lipinski definition) is 5. The van der Waals surface area contributed by atoms with Gasteiger partial charge in [-0.3, -0.25) is 9.79 Å². The van der Waals surface area contributed by atoms with Gasteiger partial charge in [-0.05, 0) is 17.2 Å². The van der Waals surface area contributed by atoms with E-state index in [0.29, 0.717) is 23.4 Å². The molecule has 4 rings (SSSR count). The molecule has 23 heavy (non-hydrogen) atoms. The summed E-state index contributed by atoms with van der Waals surface area (Å²) in [5.41, 5.74) is 4.44. The fourth-order valence-electron chi connectivity index (χ4n) is 2.71. The Morgan fingerprint density at radius 3 is 3.04 bits per heavy atom. The first-order valence-corrected chi connectivity index (χ1v) is 7.23. The minimum atomic E-state index is -0.978. The average molecular weight is 328 g/mol. The highest BCUT2D eigenvalue weighted by atomic mass is 35.5. The summed E-state index contributed by atoms with van der Waals surface area (Å²) in [5.74, 6) is -0.978. The minimum Gasteiger partial charge on any atom is -0.480 e. The van der Waals surface area contributed by atoms with Crippen molar-refractivity contribution in [2.75, 3.05) is 0 Å². The summed E-state index contributed by atoms with van der Waals surface area (Å²) in [6.45, 7) is 0.399. The van der Waals surface area contributed by atoms with Gasteiger partial charge >= 0.3 is 5.97 Å². The summed E-state index contributed by atoms with van der Waals surface area (Å²) in [6.07, 6.45) is 3.24. The first kappa shape index (κ1) is 13.8. The highest BCUT2D eigenvalue weighted by Gasteiger charge is 2.19. The fraction of sp³-hybridized carbons (Fsp3) is 0.133. The van der Waals surface area contributed by atoms with Crippen LogP contribution in [0.15, 0.2) is 29.5 Å². The molecule has 0 spiro atoms. The molecule has 2 aromatic heterocycles. The maximum absolute atomic E-state index is 11.0. The lowest BCUT2D eigenvalue weighted by atomic mass is 10.0. The summed E-state index contributed by atoms with van der Waals surface area (Å²) in [4.78, 5) is 28.0. The maximum Gasteiger partial charge on any atom is 0.323 e. The topological polar surface area (TPSA) is 93.3 Å². The number of fused-ring (bicyclic) bond motifs is 2. The van der Waals surface area contributed by atoms with Crippen LogP contribution in [0.4, 0.5) is 0 Å². The highest BCUT2D eigenvalue weighted by molar-refractivity contribution is 6.28. The Labute approximate surface area is 135 Å². The third kappa shape index (κ3) is 2.25. The molecule has 0 unspecified atom stereocenters. The molecule has 3 aromatic rings. The number of aliphatic imine (C=N–C) groups is 1. The third-order valence-corrected chi connectivity index (χ3v) is 3.84. The van der Waals surface area contributed by atoms with E-state index in [1.807, 2.05) is 18.2 Å². The van der Waals surface area contributed by atoms with Gasteiger partial charge in [0.15, 0.2) is 5.65 Å². The predicted molar refractivity (Wildman–Crippen MR) is 84.7 cm³/mol. The number of aliphatic carboxylic acids is 1.